The minimum atomic E-state index is -0.804. The molecule has 2 aromatic carbocycles. The molecule has 192 valence electrons. The summed E-state index contributed by atoms with van der Waals surface area (Å²) >= 11 is 0. The van der Waals surface area contributed by atoms with Crippen molar-refractivity contribution in [1.29, 1.82) is 0 Å². The zero-order chi connectivity index (χ0) is 26.2. The predicted octanol–water partition coefficient (Wildman–Crippen LogP) is 5.67. The molecule has 1 unspecified atom stereocenters. The van der Waals surface area contributed by atoms with E-state index in [0.29, 0.717) is 35.8 Å². The first-order valence-corrected chi connectivity index (χ1v) is 12.7. The highest BCUT2D eigenvalue weighted by Crippen LogP contribution is 2.42. The molecule has 0 bridgehead atoms. The van der Waals surface area contributed by atoms with E-state index in [9.17, 15) is 14.7 Å². The summed E-state index contributed by atoms with van der Waals surface area (Å²) in [5.41, 5.74) is 1.98. The number of aliphatic hydroxyl groups excluding tert-OH is 1. The number of unbranched alkanes of at least 4 members (excludes halogenated alkanes) is 2. The maximum Gasteiger partial charge on any atom is 0.295 e. The molecule has 1 N–H and O–H groups in total. The van der Waals surface area contributed by atoms with Crippen LogP contribution in [0.3, 0.4) is 0 Å². The number of Topliss-reactive ketones (excluding diaryl/α,β-unsaturated/α-hetero) is 1. The third kappa shape index (κ3) is 5.82. The van der Waals surface area contributed by atoms with Gasteiger partial charge in [-0.15, -0.1) is 0 Å². The molecule has 1 amide bonds. The molecule has 3 aromatic rings. The third-order valence-electron chi connectivity index (χ3n) is 6.28. The fraction of sp³-hybridized carbons (Fsp3) is 0.300. The number of carbonyl (C=O) groups is 2. The minimum absolute atomic E-state index is 0.0457. The lowest BCUT2D eigenvalue weighted by Gasteiger charge is -2.26. The maximum absolute atomic E-state index is 13.3. The summed E-state index contributed by atoms with van der Waals surface area (Å²) in [7, 11) is 0. The molecule has 2 heterocycles. The van der Waals surface area contributed by atoms with Crippen LogP contribution < -0.4 is 9.47 Å². The van der Waals surface area contributed by atoms with Crippen LogP contribution in [0, 0.1) is 0 Å². The number of hydrogen-bond donors (Lipinski definition) is 1. The Morgan fingerprint density at radius 3 is 2.41 bits per heavy atom. The van der Waals surface area contributed by atoms with Gasteiger partial charge in [0.15, 0.2) is 11.5 Å². The molecule has 7 heteroatoms. The number of hydrogen-bond acceptors (Lipinski definition) is 6. The van der Waals surface area contributed by atoms with Crippen LogP contribution in [0.25, 0.3) is 5.76 Å². The Morgan fingerprint density at radius 1 is 0.946 bits per heavy atom. The Morgan fingerprint density at radius 2 is 1.70 bits per heavy atom. The number of nitrogens with zero attached hydrogens (tertiary/aromatic N) is 2. The van der Waals surface area contributed by atoms with Crippen LogP contribution in [0.5, 0.6) is 11.5 Å². The number of rotatable bonds is 11. The number of pyridine rings is 1. The molecule has 1 fully saturated rings. The van der Waals surface area contributed by atoms with Gasteiger partial charge in [0, 0.05) is 24.5 Å². The van der Waals surface area contributed by atoms with E-state index in [2.05, 4.69) is 11.9 Å². The zero-order valence-corrected chi connectivity index (χ0v) is 21.2. The average molecular weight is 501 g/mol. The largest absolute Gasteiger partial charge is 0.507 e. The highest BCUT2D eigenvalue weighted by atomic mass is 16.5. The van der Waals surface area contributed by atoms with Gasteiger partial charge in [0.25, 0.3) is 11.7 Å². The van der Waals surface area contributed by atoms with E-state index in [1.54, 1.807) is 60.9 Å². The quantitative estimate of drug-likeness (QED) is 0.158. The van der Waals surface area contributed by atoms with Crippen LogP contribution in [-0.2, 0) is 16.1 Å². The van der Waals surface area contributed by atoms with Gasteiger partial charge in [0.05, 0.1) is 24.8 Å². The van der Waals surface area contributed by atoms with Crippen molar-refractivity contribution in [2.75, 3.05) is 13.2 Å². The van der Waals surface area contributed by atoms with Crippen LogP contribution in [0.2, 0.25) is 0 Å². The van der Waals surface area contributed by atoms with Gasteiger partial charge in [0.1, 0.15) is 5.76 Å². The van der Waals surface area contributed by atoms with E-state index in [4.69, 9.17) is 9.47 Å². The highest BCUT2D eigenvalue weighted by Gasteiger charge is 2.46. The summed E-state index contributed by atoms with van der Waals surface area (Å²) in [6.07, 6.45) is 6.39. The van der Waals surface area contributed by atoms with Crippen molar-refractivity contribution in [1.82, 2.24) is 9.88 Å². The Balaban J connectivity index is 1.79. The number of amides is 1. The van der Waals surface area contributed by atoms with Gasteiger partial charge in [-0.1, -0.05) is 56.2 Å². The molecule has 7 nitrogen and oxygen atoms in total. The second-order valence-electron chi connectivity index (χ2n) is 8.84. The highest BCUT2D eigenvalue weighted by molar-refractivity contribution is 6.46. The summed E-state index contributed by atoms with van der Waals surface area (Å²) < 4.78 is 11.9. The Labute approximate surface area is 217 Å². The molecule has 1 atom stereocenters. The number of carbonyl (C=O) groups excluding carboxylic acids is 2. The van der Waals surface area contributed by atoms with Crippen LogP contribution in [-0.4, -0.2) is 39.9 Å². The normalized spacial score (nSPS) is 16.7. The monoisotopic (exact) mass is 500 g/mol. The summed E-state index contributed by atoms with van der Waals surface area (Å²) in [5.74, 6) is -0.462. The van der Waals surface area contributed by atoms with Crippen molar-refractivity contribution in [3.8, 4) is 11.5 Å². The van der Waals surface area contributed by atoms with Crippen molar-refractivity contribution in [2.24, 2.45) is 0 Å². The average Bonchev–Trinajstić information content (AvgIpc) is 3.17. The van der Waals surface area contributed by atoms with Crippen molar-refractivity contribution in [3.05, 3.63) is 95.3 Å². The second kappa shape index (κ2) is 12.2. The first kappa shape index (κ1) is 25.9. The van der Waals surface area contributed by atoms with Crippen LogP contribution in [0.4, 0.5) is 0 Å². The first-order valence-electron chi connectivity index (χ1n) is 12.7. The first-order chi connectivity index (χ1) is 18.0. The fourth-order valence-electron chi connectivity index (χ4n) is 4.44. The van der Waals surface area contributed by atoms with Gasteiger partial charge in [-0.2, -0.15) is 0 Å². The number of ketones is 1. The molecule has 4 rings (SSSR count). The molecule has 1 aliphatic rings. The predicted molar refractivity (Wildman–Crippen MR) is 141 cm³/mol. The van der Waals surface area contributed by atoms with E-state index in [-0.39, 0.29) is 17.9 Å². The van der Waals surface area contributed by atoms with Gasteiger partial charge < -0.3 is 19.5 Å². The minimum Gasteiger partial charge on any atom is -0.507 e. The van der Waals surface area contributed by atoms with Crippen LogP contribution in [0.15, 0.2) is 78.6 Å². The lowest BCUT2D eigenvalue weighted by atomic mass is 9.95. The summed E-state index contributed by atoms with van der Waals surface area (Å²) in [6, 6.07) is 17.0. The number of aromatic nitrogens is 1. The lowest BCUT2D eigenvalue weighted by Crippen LogP contribution is -2.29. The molecule has 0 radical (unpaired) electrons. The molecule has 1 saturated heterocycles. The lowest BCUT2D eigenvalue weighted by molar-refractivity contribution is -0.140. The van der Waals surface area contributed by atoms with Gasteiger partial charge >= 0.3 is 0 Å². The molecule has 0 saturated carbocycles. The topological polar surface area (TPSA) is 89.0 Å². The van der Waals surface area contributed by atoms with Crippen LogP contribution >= 0.6 is 0 Å². The third-order valence-corrected chi connectivity index (χ3v) is 6.28. The zero-order valence-electron chi connectivity index (χ0n) is 21.2. The molecule has 0 spiro atoms. The summed E-state index contributed by atoms with van der Waals surface area (Å²) in [5, 5.41) is 11.2. The number of likely N-dealkylation sites (tertiary alicyclic amines) is 1. The molecule has 1 aliphatic heterocycles. The van der Waals surface area contributed by atoms with Gasteiger partial charge in [0.2, 0.25) is 0 Å². The van der Waals surface area contributed by atoms with E-state index >= 15 is 0 Å². The molecule has 0 aliphatic carbocycles. The van der Waals surface area contributed by atoms with Crippen LogP contribution in [0.1, 0.15) is 55.8 Å². The van der Waals surface area contributed by atoms with E-state index in [1.807, 2.05) is 19.1 Å². The fourth-order valence-corrected chi connectivity index (χ4v) is 4.44. The smallest absolute Gasteiger partial charge is 0.295 e. The van der Waals surface area contributed by atoms with Crippen molar-refractivity contribution >= 4 is 17.4 Å². The Hall–Kier alpha value is -4.13. The maximum atomic E-state index is 13.3. The second-order valence-corrected chi connectivity index (χ2v) is 8.84. The van der Waals surface area contributed by atoms with Crippen molar-refractivity contribution < 1.29 is 24.2 Å². The number of aliphatic hydroxyl groups is 1. The van der Waals surface area contributed by atoms with E-state index in [0.717, 1.165) is 24.8 Å². The number of ether oxygens (including phenoxy) is 2. The molecular formula is C30H32N2O5. The van der Waals surface area contributed by atoms with Crippen molar-refractivity contribution in [3.63, 3.8) is 0 Å². The molecule has 1 aromatic heterocycles. The Bertz CT molecular complexity index is 1260. The molecular weight excluding hydrogens is 468 g/mol. The Kier molecular flexibility index (Phi) is 8.56. The SMILES string of the molecule is CCCCCOc1ccc(C2/C(=C(\O)c3ccccc3)C(=O)C(=O)N2Cc2ccncc2)cc1OCC. The van der Waals surface area contributed by atoms with E-state index in [1.165, 1.54) is 4.90 Å². The van der Waals surface area contributed by atoms with Crippen molar-refractivity contribution in [2.45, 2.75) is 45.7 Å². The van der Waals surface area contributed by atoms with Gasteiger partial charge in [-0.05, 0) is 48.7 Å². The van der Waals surface area contributed by atoms with E-state index < -0.39 is 17.7 Å². The summed E-state index contributed by atoms with van der Waals surface area (Å²) in [4.78, 5) is 32.1. The molecule has 37 heavy (non-hydrogen) atoms. The summed E-state index contributed by atoms with van der Waals surface area (Å²) in [6.45, 7) is 5.21. The standard InChI is InChI=1S/C30H32N2O5/c1-3-5-9-18-37-24-13-12-23(19-25(24)36-4-2)27-26(28(33)22-10-7-6-8-11-22)29(34)30(35)32(27)20-21-14-16-31-17-15-21/h6-8,10-17,19,27,33H,3-5,9,18,20H2,1-2H3/b28-26+. The van der Waals surface area contributed by atoms with Gasteiger partial charge in [-0.25, -0.2) is 0 Å². The number of benzene rings is 2. The van der Waals surface area contributed by atoms with Gasteiger partial charge in [-0.3, -0.25) is 14.6 Å².